The lowest BCUT2D eigenvalue weighted by molar-refractivity contribution is 0.0438. The molecule has 2 aliphatic rings. The van der Waals surface area contributed by atoms with Crippen LogP contribution < -0.4 is 0 Å². The fourth-order valence-corrected chi connectivity index (χ4v) is 4.31. The van der Waals surface area contributed by atoms with Crippen molar-refractivity contribution in [2.45, 2.75) is 24.9 Å². The summed E-state index contributed by atoms with van der Waals surface area (Å²) in [5.74, 6) is 0.0417. The number of carbonyl (C=O) groups is 2. The Hall–Kier alpha value is -2.15. The van der Waals surface area contributed by atoms with Crippen molar-refractivity contribution in [1.82, 2.24) is 14.8 Å². The Morgan fingerprint density at radius 2 is 2.21 bits per heavy atom. The topological polar surface area (TPSA) is 62.7 Å². The highest BCUT2D eigenvalue weighted by Crippen LogP contribution is 2.33. The zero-order valence-electron chi connectivity index (χ0n) is 13.5. The van der Waals surface area contributed by atoms with Gasteiger partial charge in [-0.3, -0.25) is 4.79 Å². The van der Waals surface area contributed by atoms with E-state index in [-0.39, 0.29) is 12.0 Å². The molecular formula is C17H19N3O3S. The minimum atomic E-state index is -0.428. The molecule has 2 amide bonds. The van der Waals surface area contributed by atoms with Crippen molar-refractivity contribution in [2.24, 2.45) is 0 Å². The summed E-state index contributed by atoms with van der Waals surface area (Å²) >= 11 is 1.54. The van der Waals surface area contributed by atoms with Crippen LogP contribution in [0, 0.1) is 0 Å². The third-order valence-corrected chi connectivity index (χ3v) is 5.70. The van der Waals surface area contributed by atoms with Gasteiger partial charge in [-0.15, -0.1) is 11.3 Å². The molecule has 1 aromatic carbocycles. The summed E-state index contributed by atoms with van der Waals surface area (Å²) in [5, 5.41) is 0. The number of thiazole rings is 1. The normalized spacial score (nSPS) is 24.5. The molecule has 3 heterocycles. The highest BCUT2D eigenvalue weighted by atomic mass is 32.1. The highest BCUT2D eigenvalue weighted by Gasteiger charge is 2.44. The van der Waals surface area contributed by atoms with E-state index in [0.717, 1.165) is 23.1 Å². The van der Waals surface area contributed by atoms with Crippen LogP contribution in [-0.4, -0.2) is 59.1 Å². The zero-order chi connectivity index (χ0) is 16.7. The molecule has 2 fully saturated rings. The highest BCUT2D eigenvalue weighted by molar-refractivity contribution is 7.16. The van der Waals surface area contributed by atoms with E-state index >= 15 is 0 Å². The van der Waals surface area contributed by atoms with E-state index in [1.54, 1.807) is 28.8 Å². The smallest absolute Gasteiger partial charge is 0.410 e. The summed E-state index contributed by atoms with van der Waals surface area (Å²) in [4.78, 5) is 32.3. The van der Waals surface area contributed by atoms with Crippen molar-refractivity contribution in [1.29, 1.82) is 0 Å². The average Bonchev–Trinajstić information content (AvgIpc) is 3.07. The van der Waals surface area contributed by atoms with Crippen molar-refractivity contribution in [3.05, 3.63) is 29.3 Å². The van der Waals surface area contributed by atoms with Crippen molar-refractivity contribution in [3.63, 3.8) is 0 Å². The Kier molecular flexibility index (Phi) is 3.68. The molecule has 0 saturated carbocycles. The molecule has 0 radical (unpaired) electrons. The molecule has 1 spiro atoms. The summed E-state index contributed by atoms with van der Waals surface area (Å²) in [6.45, 7) is 1.92. The Morgan fingerprint density at radius 1 is 1.33 bits per heavy atom. The number of benzene rings is 1. The van der Waals surface area contributed by atoms with Gasteiger partial charge in [-0.25, -0.2) is 9.78 Å². The molecule has 0 N–H and O–H groups in total. The van der Waals surface area contributed by atoms with Gasteiger partial charge in [0.15, 0.2) is 0 Å². The van der Waals surface area contributed by atoms with E-state index in [4.69, 9.17) is 4.74 Å². The fraction of sp³-hybridized carbons (Fsp3) is 0.471. The lowest BCUT2D eigenvalue weighted by atomic mass is 9.95. The number of rotatable bonds is 1. The first kappa shape index (κ1) is 15.4. The summed E-state index contributed by atoms with van der Waals surface area (Å²) < 4.78 is 6.63. The van der Waals surface area contributed by atoms with E-state index < -0.39 is 5.60 Å². The summed E-state index contributed by atoms with van der Waals surface area (Å²) in [5.41, 5.74) is 2.98. The van der Waals surface area contributed by atoms with Gasteiger partial charge in [0.25, 0.3) is 5.91 Å². The molecule has 1 aromatic heterocycles. The standard InChI is InChI=1S/C17H19N3O3S/c1-19-10-17(23-16(19)22)5-2-7-20(8-6-17)15(21)12-3-4-13-14(9-12)24-11-18-13/h3-4,9,11H,2,5-8,10H2,1H3/t17-/m1/s1. The Balaban J connectivity index is 1.50. The minimum Gasteiger partial charge on any atom is -0.441 e. The van der Waals surface area contributed by atoms with Gasteiger partial charge in [-0.2, -0.15) is 0 Å². The monoisotopic (exact) mass is 345 g/mol. The number of likely N-dealkylation sites (tertiary alicyclic amines) is 1. The predicted octanol–water partition coefficient (Wildman–Crippen LogP) is 2.74. The molecule has 7 heteroatoms. The Labute approximate surface area is 144 Å². The molecule has 0 aliphatic carbocycles. The number of nitrogens with zero attached hydrogens (tertiary/aromatic N) is 3. The van der Waals surface area contributed by atoms with Gasteiger partial charge in [-0.1, -0.05) is 0 Å². The van der Waals surface area contributed by atoms with Crippen molar-refractivity contribution in [3.8, 4) is 0 Å². The van der Waals surface area contributed by atoms with Gasteiger partial charge in [0, 0.05) is 32.1 Å². The maximum absolute atomic E-state index is 12.8. The van der Waals surface area contributed by atoms with Gasteiger partial charge >= 0.3 is 6.09 Å². The van der Waals surface area contributed by atoms with Crippen LogP contribution >= 0.6 is 11.3 Å². The van der Waals surface area contributed by atoms with E-state index in [1.807, 2.05) is 23.1 Å². The number of amides is 2. The molecular weight excluding hydrogens is 326 g/mol. The van der Waals surface area contributed by atoms with E-state index in [2.05, 4.69) is 4.98 Å². The maximum atomic E-state index is 12.8. The van der Waals surface area contributed by atoms with Crippen LogP contribution in [0.15, 0.2) is 23.7 Å². The second-order valence-corrected chi connectivity index (χ2v) is 7.47. The zero-order valence-corrected chi connectivity index (χ0v) is 14.3. The van der Waals surface area contributed by atoms with E-state index in [1.165, 1.54) is 0 Å². The second-order valence-electron chi connectivity index (χ2n) is 6.59. The van der Waals surface area contributed by atoms with Crippen LogP contribution in [0.1, 0.15) is 29.6 Å². The van der Waals surface area contributed by atoms with Crippen LogP contribution in [0.4, 0.5) is 4.79 Å². The number of likely N-dealkylation sites (N-methyl/N-ethyl adjacent to an activating group) is 1. The lowest BCUT2D eigenvalue weighted by Gasteiger charge is -2.25. The Bertz CT molecular complexity index is 805. The molecule has 126 valence electrons. The van der Waals surface area contributed by atoms with Crippen LogP contribution in [0.25, 0.3) is 10.2 Å². The number of hydrogen-bond donors (Lipinski definition) is 0. The fourth-order valence-electron chi connectivity index (χ4n) is 3.59. The summed E-state index contributed by atoms with van der Waals surface area (Å²) in [7, 11) is 1.76. The number of fused-ring (bicyclic) bond motifs is 1. The van der Waals surface area contributed by atoms with Crippen LogP contribution in [0.3, 0.4) is 0 Å². The first-order chi connectivity index (χ1) is 11.6. The Morgan fingerprint density at radius 3 is 3.00 bits per heavy atom. The predicted molar refractivity (Wildman–Crippen MR) is 91.2 cm³/mol. The third kappa shape index (κ3) is 2.62. The van der Waals surface area contributed by atoms with E-state index in [0.29, 0.717) is 31.6 Å². The molecule has 0 bridgehead atoms. The third-order valence-electron chi connectivity index (χ3n) is 4.90. The van der Waals surface area contributed by atoms with Crippen LogP contribution in [0.2, 0.25) is 0 Å². The molecule has 1 atom stereocenters. The summed E-state index contributed by atoms with van der Waals surface area (Å²) in [6.07, 6.45) is 2.08. The van der Waals surface area contributed by atoms with Gasteiger partial charge in [0.1, 0.15) is 5.60 Å². The molecule has 4 rings (SSSR count). The average molecular weight is 345 g/mol. The van der Waals surface area contributed by atoms with Gasteiger partial charge in [0.05, 0.1) is 22.3 Å². The quantitative estimate of drug-likeness (QED) is 0.797. The van der Waals surface area contributed by atoms with Crippen molar-refractivity contribution < 1.29 is 14.3 Å². The van der Waals surface area contributed by atoms with E-state index in [9.17, 15) is 9.59 Å². The first-order valence-electron chi connectivity index (χ1n) is 8.13. The lowest BCUT2D eigenvalue weighted by Crippen LogP contribution is -2.36. The first-order valence-corrected chi connectivity index (χ1v) is 9.01. The molecule has 0 unspecified atom stereocenters. The second kappa shape index (κ2) is 5.73. The summed E-state index contributed by atoms with van der Waals surface area (Å²) in [6, 6.07) is 5.65. The van der Waals surface area contributed by atoms with Crippen LogP contribution in [0.5, 0.6) is 0 Å². The largest absolute Gasteiger partial charge is 0.441 e. The molecule has 2 aliphatic heterocycles. The number of carbonyl (C=O) groups excluding carboxylic acids is 2. The maximum Gasteiger partial charge on any atom is 0.410 e. The SMILES string of the molecule is CN1C[C@]2(CCCN(C(=O)c3ccc4ncsc4c3)CC2)OC1=O. The molecule has 2 saturated heterocycles. The molecule has 2 aromatic rings. The molecule has 6 nitrogen and oxygen atoms in total. The van der Waals surface area contributed by atoms with Gasteiger partial charge < -0.3 is 14.5 Å². The minimum absolute atomic E-state index is 0.0417. The van der Waals surface area contributed by atoms with Crippen LogP contribution in [-0.2, 0) is 4.74 Å². The number of ether oxygens (including phenoxy) is 1. The van der Waals surface area contributed by atoms with Crippen molar-refractivity contribution >= 4 is 33.6 Å². The molecule has 24 heavy (non-hydrogen) atoms. The number of hydrogen-bond acceptors (Lipinski definition) is 5. The van der Waals surface area contributed by atoms with Crippen molar-refractivity contribution in [2.75, 3.05) is 26.7 Å². The van der Waals surface area contributed by atoms with Gasteiger partial charge in [0.2, 0.25) is 0 Å². The number of aromatic nitrogens is 1. The van der Waals surface area contributed by atoms with Gasteiger partial charge in [-0.05, 0) is 31.0 Å².